The average molecular weight is 269 g/mol. The predicted molar refractivity (Wildman–Crippen MR) is 78.4 cm³/mol. The maximum Gasteiger partial charge on any atom is 0.0833 e. The summed E-state index contributed by atoms with van der Waals surface area (Å²) in [4.78, 5) is 0. The normalized spacial score (nSPS) is 26.2. The molecular weight excluding hydrogens is 238 g/mol. The molecule has 2 rings (SSSR count). The van der Waals surface area contributed by atoms with E-state index in [-0.39, 0.29) is 5.60 Å². The van der Waals surface area contributed by atoms with Crippen molar-refractivity contribution < 1.29 is 9.47 Å². The zero-order valence-corrected chi connectivity index (χ0v) is 12.7. The fraction of sp³-hybridized carbons (Fsp3) is 1.00. The molecule has 0 aromatic rings. The summed E-state index contributed by atoms with van der Waals surface area (Å²) in [5.41, 5.74) is 0.0788. The molecule has 1 heterocycles. The molecular formula is C16H31NO2. The lowest BCUT2D eigenvalue weighted by Gasteiger charge is -2.47. The molecule has 1 aliphatic heterocycles. The standard InChI is InChI=1S/C16H31NO2/c1-3-11-17-15(14-7-12-19-13-8-14)16(18-2)9-5-4-6-10-16/h14-15,17H,3-13H2,1-2H3. The van der Waals surface area contributed by atoms with Crippen molar-refractivity contribution in [2.45, 2.75) is 69.9 Å². The third-order valence-corrected chi connectivity index (χ3v) is 5.02. The Kier molecular flexibility index (Phi) is 6.11. The van der Waals surface area contributed by atoms with Gasteiger partial charge in [-0.2, -0.15) is 0 Å². The molecule has 0 aromatic carbocycles. The Morgan fingerprint density at radius 3 is 2.47 bits per heavy atom. The zero-order valence-electron chi connectivity index (χ0n) is 12.7. The number of hydrogen-bond donors (Lipinski definition) is 1. The van der Waals surface area contributed by atoms with E-state index < -0.39 is 0 Å². The van der Waals surface area contributed by atoms with E-state index in [0.29, 0.717) is 6.04 Å². The molecule has 1 saturated heterocycles. The molecule has 0 amide bonds. The molecule has 112 valence electrons. The van der Waals surface area contributed by atoms with Crippen LogP contribution in [-0.2, 0) is 9.47 Å². The van der Waals surface area contributed by atoms with Gasteiger partial charge in [-0.3, -0.25) is 0 Å². The molecule has 1 aliphatic carbocycles. The number of ether oxygens (including phenoxy) is 2. The SMILES string of the molecule is CCCNC(C1CCOCC1)C1(OC)CCCCC1. The van der Waals surface area contributed by atoms with E-state index >= 15 is 0 Å². The second-order valence-corrected chi connectivity index (χ2v) is 6.21. The van der Waals surface area contributed by atoms with Gasteiger partial charge in [0.25, 0.3) is 0 Å². The second-order valence-electron chi connectivity index (χ2n) is 6.21. The number of hydrogen-bond acceptors (Lipinski definition) is 3. The van der Waals surface area contributed by atoms with Crippen molar-refractivity contribution in [1.29, 1.82) is 0 Å². The fourth-order valence-corrected chi connectivity index (χ4v) is 3.92. The Morgan fingerprint density at radius 2 is 1.89 bits per heavy atom. The van der Waals surface area contributed by atoms with Gasteiger partial charge in [0.15, 0.2) is 0 Å². The highest BCUT2D eigenvalue weighted by atomic mass is 16.5. The van der Waals surface area contributed by atoms with Gasteiger partial charge in [-0.05, 0) is 44.6 Å². The largest absolute Gasteiger partial charge is 0.381 e. The molecule has 19 heavy (non-hydrogen) atoms. The quantitative estimate of drug-likeness (QED) is 0.803. The van der Waals surface area contributed by atoms with E-state index in [1.165, 1.54) is 51.4 Å². The topological polar surface area (TPSA) is 30.5 Å². The van der Waals surface area contributed by atoms with Gasteiger partial charge in [0, 0.05) is 26.4 Å². The summed E-state index contributed by atoms with van der Waals surface area (Å²) in [6, 6.07) is 0.515. The Labute approximate surface area is 118 Å². The van der Waals surface area contributed by atoms with Gasteiger partial charge >= 0.3 is 0 Å². The van der Waals surface area contributed by atoms with E-state index in [1.807, 2.05) is 7.11 Å². The second kappa shape index (κ2) is 7.61. The van der Waals surface area contributed by atoms with Gasteiger partial charge in [-0.15, -0.1) is 0 Å². The average Bonchev–Trinajstić information content (AvgIpc) is 2.49. The summed E-state index contributed by atoms with van der Waals surface area (Å²) in [7, 11) is 1.92. The number of rotatable bonds is 6. The minimum atomic E-state index is 0.0788. The van der Waals surface area contributed by atoms with Crippen LogP contribution in [0.1, 0.15) is 58.3 Å². The highest BCUT2D eigenvalue weighted by molar-refractivity contribution is 4.99. The maximum atomic E-state index is 6.09. The lowest BCUT2D eigenvalue weighted by atomic mass is 9.72. The summed E-state index contributed by atoms with van der Waals surface area (Å²) < 4.78 is 11.6. The van der Waals surface area contributed by atoms with Gasteiger partial charge in [-0.25, -0.2) is 0 Å². The summed E-state index contributed by atoms with van der Waals surface area (Å²) in [6.45, 7) is 5.20. The van der Waals surface area contributed by atoms with E-state index in [4.69, 9.17) is 9.47 Å². The summed E-state index contributed by atoms with van der Waals surface area (Å²) in [5.74, 6) is 0.721. The molecule has 2 fully saturated rings. The van der Waals surface area contributed by atoms with Crippen LogP contribution in [0.5, 0.6) is 0 Å². The lowest BCUT2D eigenvalue weighted by Crippen LogP contribution is -2.57. The van der Waals surface area contributed by atoms with Crippen molar-refractivity contribution in [3.8, 4) is 0 Å². The van der Waals surface area contributed by atoms with Gasteiger partial charge in [0.05, 0.1) is 5.60 Å². The first kappa shape index (κ1) is 15.3. The van der Waals surface area contributed by atoms with Crippen molar-refractivity contribution in [2.75, 3.05) is 26.9 Å². The third-order valence-electron chi connectivity index (χ3n) is 5.02. The van der Waals surface area contributed by atoms with E-state index in [0.717, 1.165) is 25.7 Å². The predicted octanol–water partition coefficient (Wildman–Crippen LogP) is 3.13. The molecule has 1 N–H and O–H groups in total. The van der Waals surface area contributed by atoms with Gasteiger partial charge in [0.1, 0.15) is 0 Å². The summed E-state index contributed by atoms with van der Waals surface area (Å²) in [6.07, 6.45) is 10.0. The molecule has 3 heteroatoms. The summed E-state index contributed by atoms with van der Waals surface area (Å²) in [5, 5.41) is 3.82. The minimum absolute atomic E-state index is 0.0788. The van der Waals surface area contributed by atoms with Crippen molar-refractivity contribution in [1.82, 2.24) is 5.32 Å². The Morgan fingerprint density at radius 1 is 1.21 bits per heavy atom. The highest BCUT2D eigenvalue weighted by Crippen LogP contribution is 2.39. The van der Waals surface area contributed by atoms with Crippen LogP contribution in [-0.4, -0.2) is 38.5 Å². The van der Waals surface area contributed by atoms with E-state index in [9.17, 15) is 0 Å². The zero-order chi connectivity index (χ0) is 13.6. The van der Waals surface area contributed by atoms with Crippen molar-refractivity contribution in [3.63, 3.8) is 0 Å². The van der Waals surface area contributed by atoms with E-state index in [2.05, 4.69) is 12.2 Å². The smallest absolute Gasteiger partial charge is 0.0833 e. The molecule has 0 bridgehead atoms. The maximum absolute atomic E-state index is 6.09. The first-order valence-electron chi connectivity index (χ1n) is 8.18. The monoisotopic (exact) mass is 269 g/mol. The number of methoxy groups -OCH3 is 1. The molecule has 1 atom stereocenters. The van der Waals surface area contributed by atoms with Crippen LogP contribution in [0.2, 0.25) is 0 Å². The fourth-order valence-electron chi connectivity index (χ4n) is 3.92. The Hall–Kier alpha value is -0.120. The summed E-state index contributed by atoms with van der Waals surface area (Å²) >= 11 is 0. The molecule has 0 aromatic heterocycles. The van der Waals surface area contributed by atoms with Crippen molar-refractivity contribution in [2.24, 2.45) is 5.92 Å². The van der Waals surface area contributed by atoms with Crippen molar-refractivity contribution in [3.05, 3.63) is 0 Å². The lowest BCUT2D eigenvalue weighted by molar-refractivity contribution is -0.0932. The van der Waals surface area contributed by atoms with Crippen LogP contribution in [0, 0.1) is 5.92 Å². The van der Waals surface area contributed by atoms with Gasteiger partial charge < -0.3 is 14.8 Å². The molecule has 0 radical (unpaired) electrons. The Bertz CT molecular complexity index is 245. The van der Waals surface area contributed by atoms with Gasteiger partial charge in [-0.1, -0.05) is 26.2 Å². The molecule has 1 unspecified atom stereocenters. The van der Waals surface area contributed by atoms with Crippen LogP contribution in [0.25, 0.3) is 0 Å². The molecule has 0 spiro atoms. The molecule has 3 nitrogen and oxygen atoms in total. The minimum Gasteiger partial charge on any atom is -0.381 e. The highest BCUT2D eigenvalue weighted by Gasteiger charge is 2.43. The van der Waals surface area contributed by atoms with Crippen LogP contribution in [0.15, 0.2) is 0 Å². The molecule has 2 aliphatic rings. The van der Waals surface area contributed by atoms with Crippen LogP contribution in [0.4, 0.5) is 0 Å². The van der Waals surface area contributed by atoms with Crippen LogP contribution < -0.4 is 5.32 Å². The first-order chi connectivity index (χ1) is 9.32. The van der Waals surface area contributed by atoms with E-state index in [1.54, 1.807) is 0 Å². The molecule has 1 saturated carbocycles. The van der Waals surface area contributed by atoms with Crippen molar-refractivity contribution >= 4 is 0 Å². The number of nitrogens with one attached hydrogen (secondary N) is 1. The Balaban J connectivity index is 2.08. The van der Waals surface area contributed by atoms with Gasteiger partial charge in [0.2, 0.25) is 0 Å². The third kappa shape index (κ3) is 3.71. The van der Waals surface area contributed by atoms with Crippen LogP contribution in [0.3, 0.4) is 0 Å². The first-order valence-corrected chi connectivity index (χ1v) is 8.18. The van der Waals surface area contributed by atoms with Crippen LogP contribution >= 0.6 is 0 Å².